The van der Waals surface area contributed by atoms with Crippen LogP contribution in [0.4, 0.5) is 0 Å². The van der Waals surface area contributed by atoms with Gasteiger partial charge in [-0.3, -0.25) is 0 Å². The number of aromatic nitrogens is 3. The Balaban J connectivity index is 1.13. The molecule has 8 aromatic carbocycles. The van der Waals surface area contributed by atoms with Crippen molar-refractivity contribution in [2.45, 2.75) is 0 Å². The van der Waals surface area contributed by atoms with E-state index >= 15 is 0 Å². The van der Waals surface area contributed by atoms with Crippen molar-refractivity contribution < 1.29 is 0 Å². The predicted octanol–water partition coefficient (Wildman–Crippen LogP) is 12.5. The molecule has 11 rings (SSSR count). The monoisotopic (exact) mass is 674 g/mol. The number of fused-ring (bicyclic) bond motifs is 9. The molecule has 3 aromatic heterocycles. The smallest absolute Gasteiger partial charge is 0.0991 e. The number of nitrogens with zero attached hydrogens (tertiary/aromatic N) is 4. The van der Waals surface area contributed by atoms with Crippen LogP contribution in [-0.4, -0.2) is 13.7 Å². The molecule has 4 nitrogen and oxygen atoms in total. The highest BCUT2D eigenvalue weighted by atomic mass is 15.0. The van der Waals surface area contributed by atoms with E-state index in [2.05, 4.69) is 184 Å². The molecule has 0 amide bonds. The number of para-hydroxylation sites is 4. The lowest BCUT2D eigenvalue weighted by molar-refractivity contribution is 1.17. The highest BCUT2D eigenvalue weighted by Crippen LogP contribution is 2.40. The maximum absolute atomic E-state index is 9.87. The minimum absolute atomic E-state index is 0.654. The second kappa shape index (κ2) is 11.3. The standard InChI is InChI=1S/C49H30N4/c50-31-32-24-25-47-41(26-32)43-30-48-42(29-49(43)51(47)35-14-2-1-3-15-35)40-20-6-9-23-46(40)53(48)37-17-11-13-34(28-37)33-12-10-16-36(27-33)52-44-21-7-4-18-38(44)39-19-5-8-22-45(39)52/h1-30H. The van der Waals surface area contributed by atoms with Gasteiger partial charge in [0.15, 0.2) is 0 Å². The Labute approximate surface area is 305 Å². The lowest BCUT2D eigenvalue weighted by Gasteiger charge is -2.13. The van der Waals surface area contributed by atoms with Gasteiger partial charge >= 0.3 is 0 Å². The van der Waals surface area contributed by atoms with Gasteiger partial charge in [0.2, 0.25) is 0 Å². The van der Waals surface area contributed by atoms with Crippen molar-refractivity contribution in [3.63, 3.8) is 0 Å². The number of hydrogen-bond acceptors (Lipinski definition) is 1. The normalized spacial score (nSPS) is 11.8. The fourth-order valence-electron chi connectivity index (χ4n) is 8.53. The SMILES string of the molecule is N#Cc1ccc2c(c1)c1cc3c(cc1n2-c1ccccc1)c1ccccc1n3-c1cccc(-c2cccc(-n3c4ccccc4c4ccccc43)c2)c1. The summed E-state index contributed by atoms with van der Waals surface area (Å²) in [6.45, 7) is 0. The molecule has 0 saturated heterocycles. The zero-order valence-corrected chi connectivity index (χ0v) is 28.6. The van der Waals surface area contributed by atoms with Crippen molar-refractivity contribution in [1.29, 1.82) is 5.26 Å². The van der Waals surface area contributed by atoms with Gasteiger partial charge in [-0.15, -0.1) is 0 Å². The Kier molecular flexibility index (Phi) is 6.28. The Morgan fingerprint density at radius 3 is 1.28 bits per heavy atom. The van der Waals surface area contributed by atoms with Gasteiger partial charge in [-0.25, -0.2) is 0 Å². The van der Waals surface area contributed by atoms with Gasteiger partial charge in [-0.2, -0.15) is 5.26 Å². The maximum atomic E-state index is 9.87. The van der Waals surface area contributed by atoms with Crippen LogP contribution >= 0.6 is 0 Å². The first-order valence-electron chi connectivity index (χ1n) is 17.9. The minimum Gasteiger partial charge on any atom is -0.309 e. The summed E-state index contributed by atoms with van der Waals surface area (Å²) >= 11 is 0. The van der Waals surface area contributed by atoms with Gasteiger partial charge in [0.05, 0.1) is 44.7 Å². The van der Waals surface area contributed by atoms with E-state index in [1.165, 1.54) is 32.6 Å². The summed E-state index contributed by atoms with van der Waals surface area (Å²) in [5.74, 6) is 0. The first-order valence-corrected chi connectivity index (χ1v) is 17.9. The number of hydrogen-bond donors (Lipinski definition) is 0. The topological polar surface area (TPSA) is 38.6 Å². The van der Waals surface area contributed by atoms with Crippen molar-refractivity contribution in [3.05, 3.63) is 188 Å². The first kappa shape index (κ1) is 29.4. The number of benzene rings is 8. The average molecular weight is 675 g/mol. The van der Waals surface area contributed by atoms with Crippen LogP contribution < -0.4 is 0 Å². The van der Waals surface area contributed by atoms with Crippen molar-refractivity contribution in [3.8, 4) is 34.3 Å². The second-order valence-corrected chi connectivity index (χ2v) is 13.7. The van der Waals surface area contributed by atoms with E-state index in [-0.39, 0.29) is 0 Å². The molecule has 0 spiro atoms. The molecular formula is C49H30N4. The molecular weight excluding hydrogens is 645 g/mol. The molecule has 0 unspecified atom stereocenters. The highest BCUT2D eigenvalue weighted by Gasteiger charge is 2.19. The highest BCUT2D eigenvalue weighted by molar-refractivity contribution is 6.19. The molecule has 0 atom stereocenters. The molecule has 0 aliphatic rings. The summed E-state index contributed by atoms with van der Waals surface area (Å²) in [4.78, 5) is 0. The fraction of sp³-hybridized carbons (Fsp3) is 0. The molecule has 0 radical (unpaired) electrons. The number of rotatable bonds is 4. The summed E-state index contributed by atoms with van der Waals surface area (Å²) < 4.78 is 7.09. The molecule has 0 aliphatic carbocycles. The fourth-order valence-corrected chi connectivity index (χ4v) is 8.53. The lowest BCUT2D eigenvalue weighted by atomic mass is 10.0. The van der Waals surface area contributed by atoms with Crippen LogP contribution in [0, 0.1) is 11.3 Å². The molecule has 246 valence electrons. The van der Waals surface area contributed by atoms with Crippen LogP contribution in [-0.2, 0) is 0 Å². The van der Waals surface area contributed by atoms with Crippen molar-refractivity contribution in [2.75, 3.05) is 0 Å². The third kappa shape index (κ3) is 4.35. The molecule has 11 aromatic rings. The van der Waals surface area contributed by atoms with E-state index in [0.717, 1.165) is 61.0 Å². The predicted molar refractivity (Wildman–Crippen MR) is 220 cm³/mol. The molecule has 0 bridgehead atoms. The molecule has 3 heterocycles. The second-order valence-electron chi connectivity index (χ2n) is 13.7. The van der Waals surface area contributed by atoms with E-state index in [1.807, 2.05) is 18.2 Å². The minimum atomic E-state index is 0.654. The van der Waals surface area contributed by atoms with E-state index in [1.54, 1.807) is 0 Å². The number of nitriles is 1. The molecule has 0 fully saturated rings. The molecule has 0 saturated carbocycles. The van der Waals surface area contributed by atoms with Gasteiger partial charge in [0, 0.05) is 49.4 Å². The van der Waals surface area contributed by atoms with Crippen LogP contribution in [0.25, 0.3) is 93.6 Å². The largest absolute Gasteiger partial charge is 0.309 e. The van der Waals surface area contributed by atoms with Crippen LogP contribution in [0.1, 0.15) is 5.56 Å². The third-order valence-electron chi connectivity index (χ3n) is 10.8. The zero-order valence-electron chi connectivity index (χ0n) is 28.6. The Hall–Kier alpha value is -7.35. The van der Waals surface area contributed by atoms with Gasteiger partial charge in [0.25, 0.3) is 0 Å². The van der Waals surface area contributed by atoms with Gasteiger partial charge in [-0.05, 0) is 96.1 Å². The summed E-state index contributed by atoms with van der Waals surface area (Å²) in [5, 5.41) is 17.0. The quantitative estimate of drug-likeness (QED) is 0.183. The van der Waals surface area contributed by atoms with Gasteiger partial charge in [0.1, 0.15) is 0 Å². The Morgan fingerprint density at radius 2 is 0.717 bits per heavy atom. The van der Waals surface area contributed by atoms with E-state index in [4.69, 9.17) is 0 Å². The van der Waals surface area contributed by atoms with Gasteiger partial charge < -0.3 is 13.7 Å². The van der Waals surface area contributed by atoms with Crippen LogP contribution in [0.15, 0.2) is 182 Å². The van der Waals surface area contributed by atoms with E-state index < -0.39 is 0 Å². The average Bonchev–Trinajstić information content (AvgIpc) is 3.85. The van der Waals surface area contributed by atoms with Gasteiger partial charge in [-0.1, -0.05) is 97.1 Å². The zero-order chi connectivity index (χ0) is 35.0. The van der Waals surface area contributed by atoms with Crippen LogP contribution in [0.5, 0.6) is 0 Å². The first-order chi connectivity index (χ1) is 26.2. The van der Waals surface area contributed by atoms with Crippen molar-refractivity contribution in [1.82, 2.24) is 13.7 Å². The Morgan fingerprint density at radius 1 is 0.302 bits per heavy atom. The summed E-state index contributed by atoms with van der Waals surface area (Å²) in [6.07, 6.45) is 0. The molecule has 4 heteroatoms. The molecule has 0 N–H and O–H groups in total. The van der Waals surface area contributed by atoms with E-state index in [9.17, 15) is 5.26 Å². The van der Waals surface area contributed by atoms with Crippen LogP contribution in [0.3, 0.4) is 0 Å². The lowest BCUT2D eigenvalue weighted by Crippen LogP contribution is -1.96. The maximum Gasteiger partial charge on any atom is 0.0991 e. The molecule has 53 heavy (non-hydrogen) atoms. The summed E-state index contributed by atoms with van der Waals surface area (Å²) in [6, 6.07) is 67.3. The summed E-state index contributed by atoms with van der Waals surface area (Å²) in [7, 11) is 0. The molecule has 0 aliphatic heterocycles. The van der Waals surface area contributed by atoms with Crippen molar-refractivity contribution >= 4 is 65.4 Å². The third-order valence-corrected chi connectivity index (χ3v) is 10.8. The van der Waals surface area contributed by atoms with Crippen LogP contribution in [0.2, 0.25) is 0 Å². The summed E-state index contributed by atoms with van der Waals surface area (Å²) in [5.41, 5.74) is 13.2. The Bertz CT molecular complexity index is 3240. The van der Waals surface area contributed by atoms with Crippen molar-refractivity contribution in [2.24, 2.45) is 0 Å². The van der Waals surface area contributed by atoms with E-state index in [0.29, 0.717) is 5.56 Å².